The molecule has 3 rings (SSSR count). The topological polar surface area (TPSA) is 55.2 Å². The highest BCUT2D eigenvalue weighted by molar-refractivity contribution is 7.09. The van der Waals surface area contributed by atoms with E-state index in [9.17, 15) is 9.59 Å². The lowest BCUT2D eigenvalue weighted by Crippen LogP contribution is -2.44. The minimum Gasteiger partial charge on any atom is -0.334 e. The van der Waals surface area contributed by atoms with Gasteiger partial charge in [0.25, 0.3) is 11.5 Å². The van der Waals surface area contributed by atoms with Crippen LogP contribution in [-0.2, 0) is 13.5 Å². The summed E-state index contributed by atoms with van der Waals surface area (Å²) in [6, 6.07) is 7.42. The maximum absolute atomic E-state index is 12.8. The molecule has 6 heteroatoms. The molecule has 1 atom stereocenters. The number of aromatic nitrogens is 2. The highest BCUT2D eigenvalue weighted by atomic mass is 32.1. The smallest absolute Gasteiger partial charge is 0.274 e. The number of likely N-dealkylation sites (tertiary alicyclic amines) is 1. The molecule has 2 aromatic heterocycles. The molecule has 1 fully saturated rings. The van der Waals surface area contributed by atoms with E-state index in [4.69, 9.17) is 0 Å². The van der Waals surface area contributed by atoms with Crippen LogP contribution in [0.4, 0.5) is 0 Å². The van der Waals surface area contributed by atoms with Crippen LogP contribution in [-0.4, -0.2) is 33.2 Å². The van der Waals surface area contributed by atoms with Crippen LogP contribution in [0.1, 0.15) is 41.0 Å². The molecule has 122 valence electrons. The molecule has 23 heavy (non-hydrogen) atoms. The Morgan fingerprint density at radius 1 is 1.35 bits per heavy atom. The van der Waals surface area contributed by atoms with Gasteiger partial charge in [-0.15, -0.1) is 11.3 Å². The van der Waals surface area contributed by atoms with Gasteiger partial charge >= 0.3 is 0 Å². The van der Waals surface area contributed by atoms with Crippen molar-refractivity contribution < 1.29 is 4.79 Å². The van der Waals surface area contributed by atoms with Gasteiger partial charge in [-0.25, -0.2) is 4.68 Å². The van der Waals surface area contributed by atoms with Crippen LogP contribution in [0.2, 0.25) is 0 Å². The highest BCUT2D eigenvalue weighted by Crippen LogP contribution is 2.24. The van der Waals surface area contributed by atoms with Crippen molar-refractivity contribution in [3.63, 3.8) is 0 Å². The first kappa shape index (κ1) is 15.9. The molecule has 5 nitrogen and oxygen atoms in total. The van der Waals surface area contributed by atoms with Crippen molar-refractivity contribution in [3.05, 3.63) is 50.6 Å². The lowest BCUT2D eigenvalue weighted by Gasteiger charge is -2.35. The number of rotatable bonds is 4. The Labute approximate surface area is 139 Å². The van der Waals surface area contributed by atoms with Crippen molar-refractivity contribution in [2.45, 2.75) is 38.1 Å². The molecule has 1 aliphatic heterocycles. The standard InChI is InChI=1S/C17H21N3O2S/c1-19-16(21)10-9-15(18-19)17(22)20-11-3-2-5-13(20)7-8-14-6-4-12-23-14/h4,6,9-10,12-13H,2-3,5,7-8,11H2,1H3/t13-/m0/s1. The summed E-state index contributed by atoms with van der Waals surface area (Å²) in [5.41, 5.74) is 0.157. The number of aryl methyl sites for hydroxylation is 2. The Bertz CT molecular complexity index is 724. The van der Waals surface area contributed by atoms with E-state index in [2.05, 4.69) is 22.6 Å². The number of hydrogen-bond acceptors (Lipinski definition) is 4. The largest absolute Gasteiger partial charge is 0.334 e. The van der Waals surface area contributed by atoms with Gasteiger partial charge in [-0.05, 0) is 49.6 Å². The SMILES string of the molecule is Cn1nc(C(=O)N2CCCC[C@H]2CCc2cccs2)ccc1=O. The highest BCUT2D eigenvalue weighted by Gasteiger charge is 2.28. The second-order valence-electron chi connectivity index (χ2n) is 5.95. The van der Waals surface area contributed by atoms with Gasteiger partial charge in [-0.3, -0.25) is 9.59 Å². The molecule has 0 aliphatic carbocycles. The molecule has 0 aromatic carbocycles. The van der Waals surface area contributed by atoms with E-state index < -0.39 is 0 Å². The summed E-state index contributed by atoms with van der Waals surface area (Å²) in [5.74, 6) is -0.0588. The third-order valence-electron chi connectivity index (χ3n) is 4.37. The predicted molar refractivity (Wildman–Crippen MR) is 90.8 cm³/mol. The maximum atomic E-state index is 12.8. The van der Waals surface area contributed by atoms with E-state index in [0.29, 0.717) is 5.69 Å². The van der Waals surface area contributed by atoms with Crippen molar-refractivity contribution in [2.75, 3.05) is 6.54 Å². The maximum Gasteiger partial charge on any atom is 0.274 e. The molecule has 2 aromatic rings. The molecule has 1 amide bonds. The van der Waals surface area contributed by atoms with Crippen LogP contribution in [0.15, 0.2) is 34.4 Å². The Morgan fingerprint density at radius 2 is 2.22 bits per heavy atom. The van der Waals surface area contributed by atoms with Crippen LogP contribution >= 0.6 is 11.3 Å². The van der Waals surface area contributed by atoms with E-state index in [1.807, 2.05) is 4.90 Å². The third-order valence-corrected chi connectivity index (χ3v) is 5.31. The van der Waals surface area contributed by atoms with Crippen molar-refractivity contribution in [2.24, 2.45) is 7.05 Å². The Balaban J connectivity index is 1.73. The van der Waals surface area contributed by atoms with Gasteiger partial charge in [0.2, 0.25) is 0 Å². The van der Waals surface area contributed by atoms with Gasteiger partial charge in [0, 0.05) is 30.6 Å². The number of thiophene rings is 1. The molecular weight excluding hydrogens is 310 g/mol. The molecular formula is C17H21N3O2S. The molecule has 0 unspecified atom stereocenters. The van der Waals surface area contributed by atoms with E-state index in [-0.39, 0.29) is 17.5 Å². The zero-order valence-corrected chi connectivity index (χ0v) is 14.1. The van der Waals surface area contributed by atoms with Crippen molar-refractivity contribution in [1.29, 1.82) is 0 Å². The molecule has 3 heterocycles. The summed E-state index contributed by atoms with van der Waals surface area (Å²) in [7, 11) is 1.57. The van der Waals surface area contributed by atoms with Crippen molar-refractivity contribution >= 4 is 17.2 Å². The van der Waals surface area contributed by atoms with Crippen LogP contribution in [0.3, 0.4) is 0 Å². The van der Waals surface area contributed by atoms with Gasteiger partial charge in [-0.1, -0.05) is 6.07 Å². The van der Waals surface area contributed by atoms with Crippen LogP contribution in [0.5, 0.6) is 0 Å². The summed E-state index contributed by atoms with van der Waals surface area (Å²) >= 11 is 1.77. The predicted octanol–water partition coefficient (Wildman–Crippen LogP) is 2.47. The monoisotopic (exact) mass is 331 g/mol. The van der Waals surface area contributed by atoms with Crippen LogP contribution < -0.4 is 5.56 Å². The molecule has 0 radical (unpaired) electrons. The van der Waals surface area contributed by atoms with E-state index >= 15 is 0 Å². The van der Waals surface area contributed by atoms with Gasteiger partial charge in [-0.2, -0.15) is 5.10 Å². The number of carbonyl (C=O) groups is 1. The summed E-state index contributed by atoms with van der Waals surface area (Å²) in [4.78, 5) is 27.5. The zero-order valence-electron chi connectivity index (χ0n) is 13.3. The van der Waals surface area contributed by atoms with E-state index in [0.717, 1.165) is 32.2 Å². The summed E-state index contributed by atoms with van der Waals surface area (Å²) < 4.78 is 1.22. The second-order valence-corrected chi connectivity index (χ2v) is 6.98. The first-order valence-corrected chi connectivity index (χ1v) is 8.91. The average molecular weight is 331 g/mol. The molecule has 1 saturated heterocycles. The van der Waals surface area contributed by atoms with Crippen molar-refractivity contribution in [3.8, 4) is 0 Å². The number of hydrogen-bond donors (Lipinski definition) is 0. The number of amides is 1. The molecule has 0 saturated carbocycles. The van der Waals surface area contributed by atoms with E-state index in [1.165, 1.54) is 28.1 Å². The number of carbonyl (C=O) groups excluding carboxylic acids is 1. The third kappa shape index (κ3) is 3.69. The van der Waals surface area contributed by atoms with E-state index in [1.54, 1.807) is 18.4 Å². The fourth-order valence-electron chi connectivity index (χ4n) is 3.10. The molecule has 0 spiro atoms. The first-order chi connectivity index (χ1) is 11.1. The second kappa shape index (κ2) is 7.08. The quantitative estimate of drug-likeness (QED) is 0.865. The molecule has 1 aliphatic rings. The average Bonchev–Trinajstić information content (AvgIpc) is 3.08. The van der Waals surface area contributed by atoms with Gasteiger partial charge in [0.15, 0.2) is 0 Å². The van der Waals surface area contributed by atoms with Crippen LogP contribution in [0.25, 0.3) is 0 Å². The Hall–Kier alpha value is -1.95. The molecule has 0 N–H and O–H groups in total. The summed E-state index contributed by atoms with van der Waals surface area (Å²) in [6.45, 7) is 0.776. The van der Waals surface area contributed by atoms with Gasteiger partial charge < -0.3 is 4.90 Å². The fraction of sp³-hybridized carbons (Fsp3) is 0.471. The fourth-order valence-corrected chi connectivity index (χ4v) is 3.82. The van der Waals surface area contributed by atoms with Gasteiger partial charge in [0.1, 0.15) is 5.69 Å². The Morgan fingerprint density at radius 3 is 2.96 bits per heavy atom. The molecule has 0 bridgehead atoms. The van der Waals surface area contributed by atoms with Gasteiger partial charge in [0.05, 0.1) is 0 Å². The minimum absolute atomic E-state index is 0.0588. The lowest BCUT2D eigenvalue weighted by molar-refractivity contribution is 0.0593. The minimum atomic E-state index is -0.200. The first-order valence-electron chi connectivity index (χ1n) is 8.03. The number of nitrogens with zero attached hydrogens (tertiary/aromatic N) is 3. The number of piperidine rings is 1. The normalized spacial score (nSPS) is 18.1. The zero-order chi connectivity index (χ0) is 16.2. The van der Waals surface area contributed by atoms with Crippen molar-refractivity contribution in [1.82, 2.24) is 14.7 Å². The summed E-state index contributed by atoms with van der Waals surface area (Å²) in [5, 5.41) is 6.20. The van der Waals surface area contributed by atoms with Crippen LogP contribution in [0, 0.1) is 0 Å². The summed E-state index contributed by atoms with van der Waals surface area (Å²) in [6.07, 6.45) is 5.24. The Kier molecular flexibility index (Phi) is 4.91. The lowest BCUT2D eigenvalue weighted by atomic mass is 9.97.